The molecule has 0 bridgehead atoms. The number of rotatable bonds is 3. The lowest BCUT2D eigenvalue weighted by atomic mass is 10.1. The van der Waals surface area contributed by atoms with E-state index in [0.29, 0.717) is 0 Å². The second-order valence-corrected chi connectivity index (χ2v) is 4.95. The average molecular weight is 308 g/mol. The van der Waals surface area contributed by atoms with Crippen LogP contribution < -0.4 is 11.5 Å². The van der Waals surface area contributed by atoms with Crippen molar-refractivity contribution in [1.82, 2.24) is 15.0 Å². The first-order valence-corrected chi connectivity index (χ1v) is 6.35. The standard InChI is InChI=1S/C13H11F3N6/c14-4-1-6(11(18)20-3-4)9(17)13-21-10(5-2-7(5)15)8(16)12(19)22-13/h1,3,5,7,17H,2H2,(H2,18,20)(H2,19,21,22). The summed E-state index contributed by atoms with van der Waals surface area (Å²) in [5, 5.41) is 8.00. The van der Waals surface area contributed by atoms with Gasteiger partial charge in [-0.25, -0.2) is 28.1 Å². The van der Waals surface area contributed by atoms with Crippen LogP contribution in [0.15, 0.2) is 12.3 Å². The third-order valence-electron chi connectivity index (χ3n) is 3.34. The molecule has 1 aliphatic rings. The van der Waals surface area contributed by atoms with E-state index >= 15 is 0 Å². The summed E-state index contributed by atoms with van der Waals surface area (Å²) in [4.78, 5) is 11.1. The van der Waals surface area contributed by atoms with Crippen LogP contribution in [0.25, 0.3) is 0 Å². The molecule has 114 valence electrons. The zero-order valence-electron chi connectivity index (χ0n) is 11.1. The second kappa shape index (κ2) is 4.93. The number of nitrogen functional groups attached to an aromatic ring is 2. The molecule has 2 aromatic rings. The van der Waals surface area contributed by atoms with Gasteiger partial charge in [0.25, 0.3) is 0 Å². The number of nitrogens with one attached hydrogen (secondary N) is 1. The third-order valence-corrected chi connectivity index (χ3v) is 3.34. The normalized spacial score (nSPS) is 20.0. The maximum Gasteiger partial charge on any atom is 0.187 e. The summed E-state index contributed by atoms with van der Waals surface area (Å²) in [7, 11) is 0. The predicted molar refractivity (Wildman–Crippen MR) is 73.2 cm³/mol. The summed E-state index contributed by atoms with van der Waals surface area (Å²) >= 11 is 0. The van der Waals surface area contributed by atoms with E-state index in [-0.39, 0.29) is 35.0 Å². The minimum atomic E-state index is -1.19. The number of nitrogens with two attached hydrogens (primary N) is 2. The zero-order valence-corrected chi connectivity index (χ0v) is 11.1. The monoisotopic (exact) mass is 308 g/mol. The maximum absolute atomic E-state index is 13.9. The van der Waals surface area contributed by atoms with Gasteiger partial charge in [0.1, 0.15) is 23.5 Å². The smallest absolute Gasteiger partial charge is 0.187 e. The predicted octanol–water partition coefficient (Wildman–Crippen LogP) is 1.56. The molecule has 5 N–H and O–H groups in total. The molecule has 0 saturated heterocycles. The van der Waals surface area contributed by atoms with Gasteiger partial charge in [-0.05, 0) is 12.5 Å². The van der Waals surface area contributed by atoms with Gasteiger partial charge < -0.3 is 11.5 Å². The van der Waals surface area contributed by atoms with E-state index in [1.54, 1.807) is 0 Å². The number of hydrogen-bond donors (Lipinski definition) is 3. The van der Waals surface area contributed by atoms with Crippen LogP contribution in [0.4, 0.5) is 24.8 Å². The Kier molecular flexibility index (Phi) is 3.19. The van der Waals surface area contributed by atoms with Crippen LogP contribution in [0.5, 0.6) is 0 Å². The van der Waals surface area contributed by atoms with Crippen LogP contribution in [0, 0.1) is 17.0 Å². The molecule has 0 amide bonds. The summed E-state index contributed by atoms with van der Waals surface area (Å²) < 4.78 is 40.3. The maximum atomic E-state index is 13.9. The number of halogens is 3. The number of anilines is 2. The van der Waals surface area contributed by atoms with Crippen molar-refractivity contribution in [2.45, 2.75) is 18.5 Å². The first kappa shape index (κ1) is 14.2. The molecule has 1 aliphatic carbocycles. The van der Waals surface area contributed by atoms with Crippen LogP contribution in [-0.2, 0) is 0 Å². The lowest BCUT2D eigenvalue weighted by molar-refractivity contribution is 0.461. The SMILES string of the molecule is N=C(c1nc(N)c(F)c(C2CC2F)n1)c1cc(F)cnc1N. The highest BCUT2D eigenvalue weighted by molar-refractivity contribution is 6.11. The van der Waals surface area contributed by atoms with E-state index in [4.69, 9.17) is 16.9 Å². The van der Waals surface area contributed by atoms with Crippen molar-refractivity contribution in [1.29, 1.82) is 5.41 Å². The summed E-state index contributed by atoms with van der Waals surface area (Å²) in [6.07, 6.45) is -0.147. The van der Waals surface area contributed by atoms with Crippen molar-refractivity contribution >= 4 is 17.3 Å². The fraction of sp³-hybridized carbons (Fsp3) is 0.231. The summed E-state index contributed by atoms with van der Waals surface area (Å²) in [5.41, 5.74) is 10.4. The summed E-state index contributed by atoms with van der Waals surface area (Å²) in [5.74, 6) is -3.14. The summed E-state index contributed by atoms with van der Waals surface area (Å²) in [6.45, 7) is 0. The van der Waals surface area contributed by atoms with E-state index in [1.807, 2.05) is 0 Å². The molecule has 9 heteroatoms. The molecule has 1 fully saturated rings. The van der Waals surface area contributed by atoms with Gasteiger partial charge in [0.15, 0.2) is 17.5 Å². The Balaban J connectivity index is 2.06. The number of pyridine rings is 1. The molecule has 2 unspecified atom stereocenters. The molecule has 0 spiro atoms. The third kappa shape index (κ3) is 2.34. The molecule has 3 rings (SSSR count). The van der Waals surface area contributed by atoms with Gasteiger partial charge in [0, 0.05) is 11.5 Å². The molecule has 0 aromatic carbocycles. The molecule has 0 aliphatic heterocycles. The first-order valence-electron chi connectivity index (χ1n) is 6.35. The van der Waals surface area contributed by atoms with Gasteiger partial charge in [0.2, 0.25) is 0 Å². The van der Waals surface area contributed by atoms with Crippen molar-refractivity contribution in [3.05, 3.63) is 41.0 Å². The van der Waals surface area contributed by atoms with E-state index in [9.17, 15) is 13.2 Å². The van der Waals surface area contributed by atoms with E-state index in [0.717, 1.165) is 12.3 Å². The van der Waals surface area contributed by atoms with Crippen LogP contribution in [0.2, 0.25) is 0 Å². The van der Waals surface area contributed by atoms with E-state index < -0.39 is 29.5 Å². The molecule has 22 heavy (non-hydrogen) atoms. The Bertz CT molecular complexity index is 779. The molecule has 6 nitrogen and oxygen atoms in total. The topological polar surface area (TPSA) is 115 Å². The summed E-state index contributed by atoms with van der Waals surface area (Å²) in [6, 6.07) is 0.988. The first-order chi connectivity index (χ1) is 10.4. The van der Waals surface area contributed by atoms with Gasteiger partial charge in [-0.1, -0.05) is 0 Å². The van der Waals surface area contributed by atoms with Crippen molar-refractivity contribution in [3.63, 3.8) is 0 Å². The number of hydrogen-bond acceptors (Lipinski definition) is 6. The molecule has 2 heterocycles. The second-order valence-electron chi connectivity index (χ2n) is 4.95. The highest BCUT2D eigenvalue weighted by atomic mass is 19.1. The largest absolute Gasteiger partial charge is 0.383 e. The highest BCUT2D eigenvalue weighted by Crippen LogP contribution is 2.44. The van der Waals surface area contributed by atoms with Crippen molar-refractivity contribution in [2.24, 2.45) is 0 Å². The van der Waals surface area contributed by atoms with E-state index in [2.05, 4.69) is 15.0 Å². The zero-order chi connectivity index (χ0) is 16.0. The Morgan fingerprint density at radius 1 is 1.23 bits per heavy atom. The average Bonchev–Trinajstić information content (AvgIpc) is 3.20. The van der Waals surface area contributed by atoms with Gasteiger partial charge >= 0.3 is 0 Å². The van der Waals surface area contributed by atoms with Crippen molar-refractivity contribution in [3.8, 4) is 0 Å². The Hall–Kier alpha value is -2.71. The number of alkyl halides is 1. The van der Waals surface area contributed by atoms with Crippen LogP contribution in [0.1, 0.15) is 29.4 Å². The fourth-order valence-electron chi connectivity index (χ4n) is 2.06. The number of nitrogens with zero attached hydrogens (tertiary/aromatic N) is 3. The lowest BCUT2D eigenvalue weighted by Gasteiger charge is -2.09. The number of aromatic nitrogens is 3. The molecular weight excluding hydrogens is 297 g/mol. The van der Waals surface area contributed by atoms with Crippen molar-refractivity contribution in [2.75, 3.05) is 11.5 Å². The Labute approximate surface area is 122 Å². The Morgan fingerprint density at radius 3 is 2.55 bits per heavy atom. The van der Waals surface area contributed by atoms with Crippen LogP contribution in [-0.4, -0.2) is 26.8 Å². The van der Waals surface area contributed by atoms with Crippen LogP contribution in [0.3, 0.4) is 0 Å². The molecule has 2 atom stereocenters. The highest BCUT2D eigenvalue weighted by Gasteiger charge is 2.43. The quantitative estimate of drug-likeness (QED) is 0.744. The fourth-order valence-corrected chi connectivity index (χ4v) is 2.06. The van der Waals surface area contributed by atoms with E-state index in [1.165, 1.54) is 0 Å². The van der Waals surface area contributed by atoms with Gasteiger partial charge in [-0.3, -0.25) is 5.41 Å². The molecular formula is C13H11F3N6. The molecule has 0 radical (unpaired) electrons. The van der Waals surface area contributed by atoms with Gasteiger partial charge in [0.05, 0.1) is 11.9 Å². The molecule has 2 aromatic heterocycles. The van der Waals surface area contributed by atoms with Crippen molar-refractivity contribution < 1.29 is 13.2 Å². The minimum absolute atomic E-state index is 0.0513. The van der Waals surface area contributed by atoms with Crippen LogP contribution >= 0.6 is 0 Å². The Morgan fingerprint density at radius 2 is 1.91 bits per heavy atom. The lowest BCUT2D eigenvalue weighted by Crippen LogP contribution is -2.15. The van der Waals surface area contributed by atoms with Gasteiger partial charge in [-0.2, -0.15) is 0 Å². The molecule has 1 saturated carbocycles. The van der Waals surface area contributed by atoms with Gasteiger partial charge in [-0.15, -0.1) is 0 Å². The minimum Gasteiger partial charge on any atom is -0.383 e.